The minimum absolute atomic E-state index is 0.138. The van der Waals surface area contributed by atoms with E-state index in [9.17, 15) is 4.79 Å². The predicted octanol–water partition coefficient (Wildman–Crippen LogP) is 6.42. The van der Waals surface area contributed by atoms with Crippen molar-refractivity contribution in [1.29, 1.82) is 0 Å². The standard InChI is InChI=1S/C32H31N3O4/c1-33-30-21-28-29(22-32(30)38-18-17-35-15-3-4-16-35)34-14-13-31(28)39-27-11-7-24(8-12-27)20-25(36)19-23-5-9-26(37-2)10-6-23/h5-14,21-22H,3-4,15-20H2,2H3. The molecule has 1 saturated heterocycles. The number of hydrogen-bond donors (Lipinski definition) is 0. The maximum atomic E-state index is 12.6. The zero-order valence-electron chi connectivity index (χ0n) is 22.1. The first-order valence-electron chi connectivity index (χ1n) is 13.2. The van der Waals surface area contributed by atoms with Gasteiger partial charge in [-0.2, -0.15) is 0 Å². The van der Waals surface area contributed by atoms with Gasteiger partial charge in [-0.25, -0.2) is 4.85 Å². The summed E-state index contributed by atoms with van der Waals surface area (Å²) >= 11 is 0. The molecule has 7 nitrogen and oxygen atoms in total. The lowest BCUT2D eigenvalue weighted by atomic mass is 10.0. The van der Waals surface area contributed by atoms with Gasteiger partial charge < -0.3 is 14.2 Å². The number of nitrogens with zero attached hydrogens (tertiary/aromatic N) is 3. The smallest absolute Gasteiger partial charge is 0.229 e. The molecule has 1 aliphatic rings. The lowest BCUT2D eigenvalue weighted by Crippen LogP contribution is -2.25. The van der Waals surface area contributed by atoms with Crippen LogP contribution < -0.4 is 14.2 Å². The molecule has 0 spiro atoms. The Balaban J connectivity index is 1.23. The van der Waals surface area contributed by atoms with E-state index >= 15 is 0 Å². The van der Waals surface area contributed by atoms with Gasteiger partial charge in [0.15, 0.2) is 0 Å². The monoisotopic (exact) mass is 521 g/mol. The van der Waals surface area contributed by atoms with Gasteiger partial charge in [0.05, 0.1) is 25.8 Å². The number of benzene rings is 3. The minimum Gasteiger partial charge on any atom is -0.503 e. The summed E-state index contributed by atoms with van der Waals surface area (Å²) < 4.78 is 17.3. The maximum Gasteiger partial charge on any atom is 0.229 e. The zero-order valence-corrected chi connectivity index (χ0v) is 22.1. The lowest BCUT2D eigenvalue weighted by Gasteiger charge is -2.16. The number of carbonyl (C=O) groups is 1. The number of ether oxygens (including phenoxy) is 3. The molecular weight excluding hydrogens is 490 g/mol. The molecule has 3 aromatic carbocycles. The Bertz CT molecular complexity index is 1470. The number of likely N-dealkylation sites (tertiary alicyclic amines) is 1. The fourth-order valence-electron chi connectivity index (χ4n) is 4.78. The average Bonchev–Trinajstić information content (AvgIpc) is 3.48. The Labute approximate surface area is 228 Å². The van der Waals surface area contributed by atoms with E-state index in [0.717, 1.165) is 41.9 Å². The first-order chi connectivity index (χ1) is 19.1. The fraction of sp³-hybridized carbons (Fsp3) is 0.281. The first kappa shape index (κ1) is 26.2. The maximum absolute atomic E-state index is 12.6. The van der Waals surface area contributed by atoms with Crippen LogP contribution in [0.15, 0.2) is 72.9 Å². The molecule has 0 aliphatic carbocycles. The van der Waals surface area contributed by atoms with Crippen LogP contribution >= 0.6 is 0 Å². The van der Waals surface area contributed by atoms with Gasteiger partial charge in [0.25, 0.3) is 0 Å². The number of pyridine rings is 1. The lowest BCUT2D eigenvalue weighted by molar-refractivity contribution is -0.117. The summed E-state index contributed by atoms with van der Waals surface area (Å²) in [5, 5.41) is 0.745. The largest absolute Gasteiger partial charge is 0.503 e. The number of aromatic nitrogens is 1. The number of methoxy groups -OCH3 is 1. The van der Waals surface area contributed by atoms with E-state index in [-0.39, 0.29) is 5.78 Å². The van der Waals surface area contributed by atoms with Crippen LogP contribution in [0, 0.1) is 6.57 Å². The molecule has 0 radical (unpaired) electrons. The van der Waals surface area contributed by atoms with Crippen LogP contribution in [0.3, 0.4) is 0 Å². The van der Waals surface area contributed by atoms with E-state index in [1.807, 2.05) is 54.6 Å². The van der Waals surface area contributed by atoms with Crippen molar-refractivity contribution in [3.8, 4) is 23.0 Å². The molecule has 4 aromatic rings. The highest BCUT2D eigenvalue weighted by atomic mass is 16.5. The second-order valence-electron chi connectivity index (χ2n) is 9.64. The summed E-state index contributed by atoms with van der Waals surface area (Å²) in [6.07, 6.45) is 4.89. The SMILES string of the molecule is [C-]#[N+]c1cc2c(Oc3ccc(CC(=O)Cc4ccc(OC)cc4)cc3)ccnc2cc1OCCN1CCCC1. The summed E-state index contributed by atoms with van der Waals surface area (Å²) in [6, 6.07) is 20.5. The van der Waals surface area contributed by atoms with Crippen LogP contribution in [0.25, 0.3) is 15.7 Å². The number of carbonyl (C=O) groups excluding carboxylic acids is 1. The Kier molecular flexibility index (Phi) is 8.35. The number of Topliss-reactive ketones (excluding diaryl/α,β-unsaturated/α-hetero) is 1. The summed E-state index contributed by atoms with van der Waals surface area (Å²) in [4.78, 5) is 23.1. The summed E-state index contributed by atoms with van der Waals surface area (Å²) in [7, 11) is 1.62. The van der Waals surface area contributed by atoms with E-state index in [2.05, 4.69) is 14.7 Å². The van der Waals surface area contributed by atoms with Gasteiger partial charge in [0, 0.05) is 31.0 Å². The van der Waals surface area contributed by atoms with Crippen LogP contribution in [-0.4, -0.2) is 49.0 Å². The Morgan fingerprint density at radius 2 is 1.59 bits per heavy atom. The second-order valence-corrected chi connectivity index (χ2v) is 9.64. The topological polar surface area (TPSA) is 65.2 Å². The van der Waals surface area contributed by atoms with Gasteiger partial charge in [-0.3, -0.25) is 14.7 Å². The normalized spacial score (nSPS) is 13.2. The van der Waals surface area contributed by atoms with E-state index in [1.54, 1.807) is 25.4 Å². The van der Waals surface area contributed by atoms with Crippen LogP contribution in [0.5, 0.6) is 23.0 Å². The third-order valence-electron chi connectivity index (χ3n) is 6.88. The third kappa shape index (κ3) is 6.73. The van der Waals surface area contributed by atoms with Gasteiger partial charge >= 0.3 is 0 Å². The van der Waals surface area contributed by atoms with Crippen molar-refractivity contribution in [2.75, 3.05) is 33.4 Å². The van der Waals surface area contributed by atoms with Gasteiger partial charge in [0.2, 0.25) is 5.69 Å². The van der Waals surface area contributed by atoms with Crippen LogP contribution in [0.4, 0.5) is 5.69 Å². The van der Waals surface area contributed by atoms with E-state index in [0.29, 0.717) is 47.9 Å². The fourth-order valence-corrected chi connectivity index (χ4v) is 4.78. The summed E-state index contributed by atoms with van der Waals surface area (Å²) in [5.74, 6) is 2.71. The Morgan fingerprint density at radius 3 is 2.23 bits per heavy atom. The molecule has 1 aliphatic heterocycles. The quantitative estimate of drug-likeness (QED) is 0.212. The molecule has 0 amide bonds. The van der Waals surface area contributed by atoms with Gasteiger partial charge in [-0.05, 0) is 79.5 Å². The van der Waals surface area contributed by atoms with Gasteiger partial charge in [-0.1, -0.05) is 24.3 Å². The van der Waals surface area contributed by atoms with Crippen molar-refractivity contribution in [3.63, 3.8) is 0 Å². The van der Waals surface area contributed by atoms with Crippen molar-refractivity contribution in [2.24, 2.45) is 0 Å². The molecule has 0 saturated carbocycles. The number of rotatable bonds is 11. The van der Waals surface area contributed by atoms with Crippen LogP contribution in [0.2, 0.25) is 0 Å². The second kappa shape index (κ2) is 12.4. The van der Waals surface area contributed by atoms with E-state index in [1.165, 1.54) is 12.8 Å². The minimum atomic E-state index is 0.138. The average molecular weight is 522 g/mol. The van der Waals surface area contributed by atoms with Crippen molar-refractivity contribution >= 4 is 22.4 Å². The third-order valence-corrected chi connectivity index (χ3v) is 6.88. The van der Waals surface area contributed by atoms with Crippen LogP contribution in [0.1, 0.15) is 24.0 Å². The molecule has 7 heteroatoms. The zero-order chi connectivity index (χ0) is 27.0. The molecule has 1 fully saturated rings. The Morgan fingerprint density at radius 1 is 0.923 bits per heavy atom. The van der Waals surface area contributed by atoms with E-state index < -0.39 is 0 Å². The highest BCUT2D eigenvalue weighted by molar-refractivity contribution is 5.91. The number of hydrogen-bond acceptors (Lipinski definition) is 6. The first-order valence-corrected chi connectivity index (χ1v) is 13.2. The number of ketones is 1. The molecule has 2 heterocycles. The summed E-state index contributed by atoms with van der Waals surface area (Å²) in [5.41, 5.74) is 3.03. The summed E-state index contributed by atoms with van der Waals surface area (Å²) in [6.45, 7) is 11.3. The molecule has 0 bridgehead atoms. The molecule has 1 aromatic heterocycles. The molecular formula is C32H31N3O4. The molecule has 0 atom stereocenters. The van der Waals surface area contributed by atoms with Gasteiger partial charge in [0.1, 0.15) is 28.8 Å². The number of fused-ring (bicyclic) bond motifs is 1. The van der Waals surface area contributed by atoms with Crippen molar-refractivity contribution in [1.82, 2.24) is 9.88 Å². The van der Waals surface area contributed by atoms with E-state index in [4.69, 9.17) is 20.8 Å². The molecule has 5 rings (SSSR count). The molecule has 0 N–H and O–H groups in total. The molecule has 39 heavy (non-hydrogen) atoms. The van der Waals surface area contributed by atoms with Gasteiger partial charge in [-0.15, -0.1) is 0 Å². The highest BCUT2D eigenvalue weighted by Crippen LogP contribution is 2.37. The predicted molar refractivity (Wildman–Crippen MR) is 151 cm³/mol. The van der Waals surface area contributed by atoms with Crippen molar-refractivity contribution in [2.45, 2.75) is 25.7 Å². The Hall–Kier alpha value is -4.41. The van der Waals surface area contributed by atoms with Crippen molar-refractivity contribution in [3.05, 3.63) is 95.5 Å². The highest BCUT2D eigenvalue weighted by Gasteiger charge is 2.14. The molecule has 198 valence electrons. The van der Waals surface area contributed by atoms with Crippen LogP contribution in [-0.2, 0) is 17.6 Å². The molecule has 0 unspecified atom stereocenters. The van der Waals surface area contributed by atoms with Crippen molar-refractivity contribution < 1.29 is 19.0 Å².